The highest BCUT2D eigenvalue weighted by atomic mass is 35.5. The van der Waals surface area contributed by atoms with Crippen LogP contribution in [0.1, 0.15) is 33.6 Å². The number of anilines is 1. The lowest BCUT2D eigenvalue weighted by Gasteiger charge is -2.10. The van der Waals surface area contributed by atoms with Gasteiger partial charge in [0, 0.05) is 16.3 Å². The van der Waals surface area contributed by atoms with Crippen molar-refractivity contribution >= 4 is 23.5 Å². The summed E-state index contributed by atoms with van der Waals surface area (Å²) < 4.78 is 4.95. The largest absolute Gasteiger partial charge is 0.459 e. The molecule has 1 heterocycles. The maximum absolute atomic E-state index is 12.0. The molecule has 0 spiro atoms. The molecule has 0 saturated heterocycles. The number of aromatic nitrogens is 2. The second kappa shape index (κ2) is 11.0. The molecular weight excluding hydrogens is 430 g/mol. The molecule has 0 radical (unpaired) electrons. The van der Waals surface area contributed by atoms with E-state index >= 15 is 0 Å². The minimum absolute atomic E-state index is 0.228. The third-order valence-corrected chi connectivity index (χ3v) is 5.46. The topological polar surface area (TPSA) is 119 Å². The lowest BCUT2D eigenvalue weighted by molar-refractivity contribution is 0.00933. The van der Waals surface area contributed by atoms with Crippen LogP contribution in [0.4, 0.5) is 5.95 Å². The molecule has 0 aliphatic heterocycles. The molecule has 2 aromatic carbocycles. The van der Waals surface area contributed by atoms with Gasteiger partial charge in [-0.05, 0) is 61.6 Å². The molecule has 0 fully saturated rings. The fourth-order valence-corrected chi connectivity index (χ4v) is 3.43. The van der Waals surface area contributed by atoms with Crippen LogP contribution in [-0.2, 0) is 17.6 Å². The van der Waals surface area contributed by atoms with Crippen molar-refractivity contribution in [1.29, 1.82) is 0 Å². The SMILES string of the molecule is Cc1c(Cl)cccc1-c1cc(CCCc2ccc(C(=O)OCC(O)CO)cc2)nc(N)n1. The quantitative estimate of drug-likeness (QED) is 0.423. The first-order chi connectivity index (χ1) is 15.4. The van der Waals surface area contributed by atoms with Crippen molar-refractivity contribution in [2.45, 2.75) is 32.3 Å². The molecule has 0 bridgehead atoms. The van der Waals surface area contributed by atoms with Crippen LogP contribution < -0.4 is 5.73 Å². The van der Waals surface area contributed by atoms with Gasteiger partial charge in [-0.15, -0.1) is 0 Å². The number of nitrogens with two attached hydrogens (primary N) is 1. The number of aryl methyl sites for hydroxylation is 2. The van der Waals surface area contributed by atoms with E-state index in [0.29, 0.717) is 10.6 Å². The summed E-state index contributed by atoms with van der Waals surface area (Å²) >= 11 is 6.24. The van der Waals surface area contributed by atoms with Gasteiger partial charge in [-0.3, -0.25) is 0 Å². The Morgan fingerprint density at radius 3 is 2.62 bits per heavy atom. The average molecular weight is 456 g/mol. The summed E-state index contributed by atoms with van der Waals surface area (Å²) in [7, 11) is 0. The number of carbonyl (C=O) groups is 1. The average Bonchev–Trinajstić information content (AvgIpc) is 2.79. The van der Waals surface area contributed by atoms with Crippen LogP contribution in [-0.4, -0.2) is 45.5 Å². The molecule has 1 atom stereocenters. The second-order valence-electron chi connectivity index (χ2n) is 7.50. The van der Waals surface area contributed by atoms with Crippen molar-refractivity contribution in [3.05, 3.63) is 75.9 Å². The van der Waals surface area contributed by atoms with Crippen LogP contribution in [0.2, 0.25) is 5.02 Å². The summed E-state index contributed by atoms with van der Waals surface area (Å²) in [6.07, 6.45) is 1.30. The Morgan fingerprint density at radius 1 is 1.16 bits per heavy atom. The molecule has 8 heteroatoms. The monoisotopic (exact) mass is 455 g/mol. The molecule has 0 amide bonds. The van der Waals surface area contributed by atoms with Crippen LogP contribution in [0, 0.1) is 6.92 Å². The van der Waals surface area contributed by atoms with Gasteiger partial charge in [0.1, 0.15) is 12.7 Å². The van der Waals surface area contributed by atoms with E-state index < -0.39 is 18.7 Å². The fourth-order valence-electron chi connectivity index (χ4n) is 3.26. The fraction of sp³-hybridized carbons (Fsp3) is 0.292. The van der Waals surface area contributed by atoms with Crippen LogP contribution in [0.3, 0.4) is 0 Å². The first kappa shape index (κ1) is 23.7. The normalized spacial score (nSPS) is 11.9. The highest BCUT2D eigenvalue weighted by Crippen LogP contribution is 2.28. The number of aliphatic hydroxyl groups is 2. The number of nitrogen functional groups attached to an aromatic ring is 1. The standard InChI is InChI=1S/C24H26ClN3O4/c1-15-20(6-3-7-21(15)25)22-12-18(27-24(26)28-22)5-2-4-16-8-10-17(11-9-16)23(31)32-14-19(30)13-29/h3,6-12,19,29-30H,2,4-5,13-14H2,1H3,(H2,26,27,28). The van der Waals surface area contributed by atoms with Crippen molar-refractivity contribution in [3.63, 3.8) is 0 Å². The van der Waals surface area contributed by atoms with E-state index in [0.717, 1.165) is 47.3 Å². The van der Waals surface area contributed by atoms with Gasteiger partial charge in [0.2, 0.25) is 5.95 Å². The van der Waals surface area contributed by atoms with Gasteiger partial charge in [-0.25, -0.2) is 14.8 Å². The number of rotatable bonds is 9. The van der Waals surface area contributed by atoms with Crippen molar-refractivity contribution < 1.29 is 19.7 Å². The van der Waals surface area contributed by atoms with Crippen molar-refractivity contribution in [1.82, 2.24) is 9.97 Å². The van der Waals surface area contributed by atoms with Crippen molar-refractivity contribution in [2.75, 3.05) is 18.9 Å². The highest BCUT2D eigenvalue weighted by Gasteiger charge is 2.11. The lowest BCUT2D eigenvalue weighted by atomic mass is 10.0. The van der Waals surface area contributed by atoms with E-state index in [1.807, 2.05) is 43.3 Å². The number of carbonyl (C=O) groups excluding carboxylic acids is 1. The van der Waals surface area contributed by atoms with E-state index in [9.17, 15) is 9.90 Å². The van der Waals surface area contributed by atoms with Gasteiger partial charge in [0.05, 0.1) is 17.9 Å². The first-order valence-corrected chi connectivity index (χ1v) is 10.7. The molecule has 7 nitrogen and oxygen atoms in total. The molecule has 0 saturated carbocycles. The summed E-state index contributed by atoms with van der Waals surface area (Å²) in [6, 6.07) is 14.7. The number of halogens is 1. The predicted octanol–water partition coefficient (Wildman–Crippen LogP) is 3.37. The summed E-state index contributed by atoms with van der Waals surface area (Å²) in [6.45, 7) is 1.25. The third kappa shape index (κ3) is 6.26. The highest BCUT2D eigenvalue weighted by molar-refractivity contribution is 6.31. The molecule has 32 heavy (non-hydrogen) atoms. The van der Waals surface area contributed by atoms with Gasteiger partial charge >= 0.3 is 5.97 Å². The second-order valence-corrected chi connectivity index (χ2v) is 7.91. The Kier molecular flexibility index (Phi) is 8.16. The van der Waals surface area contributed by atoms with Crippen LogP contribution in [0.15, 0.2) is 48.5 Å². The van der Waals surface area contributed by atoms with E-state index in [-0.39, 0.29) is 12.6 Å². The smallest absolute Gasteiger partial charge is 0.338 e. The number of nitrogens with zero attached hydrogens (tertiary/aromatic N) is 2. The van der Waals surface area contributed by atoms with E-state index in [1.165, 1.54) is 0 Å². The molecule has 3 aromatic rings. The van der Waals surface area contributed by atoms with E-state index in [1.54, 1.807) is 12.1 Å². The Balaban J connectivity index is 1.59. The molecular formula is C24H26ClN3O4. The van der Waals surface area contributed by atoms with Crippen LogP contribution >= 0.6 is 11.6 Å². The molecule has 1 unspecified atom stereocenters. The van der Waals surface area contributed by atoms with Gasteiger partial charge in [-0.1, -0.05) is 35.9 Å². The molecule has 0 aliphatic rings. The molecule has 1 aromatic heterocycles. The maximum Gasteiger partial charge on any atom is 0.338 e. The number of aliphatic hydroxyl groups excluding tert-OH is 2. The zero-order valence-corrected chi connectivity index (χ0v) is 18.5. The number of ether oxygens (including phenoxy) is 1. The molecule has 0 aliphatic carbocycles. The number of hydrogen-bond donors (Lipinski definition) is 3. The van der Waals surface area contributed by atoms with E-state index in [4.69, 9.17) is 27.2 Å². The number of esters is 1. The van der Waals surface area contributed by atoms with Crippen molar-refractivity contribution in [3.8, 4) is 11.3 Å². The van der Waals surface area contributed by atoms with Gasteiger partial charge in [0.15, 0.2) is 0 Å². The summed E-state index contributed by atoms with van der Waals surface area (Å²) in [5.41, 5.74) is 10.9. The zero-order valence-electron chi connectivity index (χ0n) is 17.8. The molecule has 3 rings (SSSR count). The first-order valence-electron chi connectivity index (χ1n) is 10.3. The summed E-state index contributed by atoms with van der Waals surface area (Å²) in [5.74, 6) is -0.310. The Hall–Kier alpha value is -3.00. The minimum atomic E-state index is -1.07. The summed E-state index contributed by atoms with van der Waals surface area (Å²) in [4.78, 5) is 20.7. The number of benzene rings is 2. The van der Waals surface area contributed by atoms with Crippen molar-refractivity contribution in [2.24, 2.45) is 0 Å². The van der Waals surface area contributed by atoms with E-state index in [2.05, 4.69) is 9.97 Å². The van der Waals surface area contributed by atoms with Gasteiger partial charge in [-0.2, -0.15) is 0 Å². The Bertz CT molecular complexity index is 1070. The Labute approximate surface area is 191 Å². The lowest BCUT2D eigenvalue weighted by Crippen LogP contribution is -2.21. The van der Waals surface area contributed by atoms with Gasteiger partial charge in [0.25, 0.3) is 0 Å². The third-order valence-electron chi connectivity index (χ3n) is 5.05. The van der Waals surface area contributed by atoms with Crippen LogP contribution in [0.25, 0.3) is 11.3 Å². The predicted molar refractivity (Wildman–Crippen MR) is 123 cm³/mol. The zero-order chi connectivity index (χ0) is 23.1. The summed E-state index contributed by atoms with van der Waals surface area (Å²) in [5, 5.41) is 18.7. The van der Waals surface area contributed by atoms with Crippen LogP contribution in [0.5, 0.6) is 0 Å². The number of hydrogen-bond acceptors (Lipinski definition) is 7. The van der Waals surface area contributed by atoms with Gasteiger partial charge < -0.3 is 20.7 Å². The maximum atomic E-state index is 12.0. The Morgan fingerprint density at radius 2 is 1.91 bits per heavy atom. The molecule has 4 N–H and O–H groups in total. The minimum Gasteiger partial charge on any atom is -0.459 e. The molecule has 168 valence electrons.